The van der Waals surface area contributed by atoms with Crippen LogP contribution in [0.5, 0.6) is 5.75 Å². The number of carbonyl (C=O) groups excluding carboxylic acids is 1. The highest BCUT2D eigenvalue weighted by atomic mass is 35.5. The van der Waals surface area contributed by atoms with Crippen LogP contribution in [0.15, 0.2) is 24.3 Å². The molecule has 0 bridgehead atoms. The summed E-state index contributed by atoms with van der Waals surface area (Å²) < 4.78 is 5.79. The van der Waals surface area contributed by atoms with Crippen LogP contribution in [-0.2, 0) is 11.2 Å². The maximum Gasteiger partial charge on any atom is 0.227 e. The lowest BCUT2D eigenvalue weighted by molar-refractivity contribution is -0.131. The van der Waals surface area contributed by atoms with Crippen molar-refractivity contribution in [3.8, 4) is 5.75 Å². The van der Waals surface area contributed by atoms with Crippen molar-refractivity contribution in [2.45, 2.75) is 45.8 Å². The van der Waals surface area contributed by atoms with Crippen LogP contribution in [0.25, 0.3) is 0 Å². The van der Waals surface area contributed by atoms with Gasteiger partial charge in [-0.25, -0.2) is 0 Å². The molecule has 1 amide bonds. The van der Waals surface area contributed by atoms with Gasteiger partial charge in [0.2, 0.25) is 5.91 Å². The van der Waals surface area contributed by atoms with Crippen molar-refractivity contribution in [1.29, 1.82) is 0 Å². The summed E-state index contributed by atoms with van der Waals surface area (Å²) >= 11 is 0. The minimum Gasteiger partial charge on any atom is -0.491 e. The first kappa shape index (κ1) is 18.8. The van der Waals surface area contributed by atoms with Crippen LogP contribution in [0.2, 0.25) is 0 Å². The highest BCUT2D eigenvalue weighted by Crippen LogP contribution is 2.25. The van der Waals surface area contributed by atoms with Crippen LogP contribution in [-0.4, -0.2) is 36.0 Å². The van der Waals surface area contributed by atoms with E-state index in [0.717, 1.165) is 24.3 Å². The van der Waals surface area contributed by atoms with Crippen molar-refractivity contribution in [3.63, 3.8) is 0 Å². The largest absolute Gasteiger partial charge is 0.491 e. The molecule has 2 rings (SSSR count). The van der Waals surface area contributed by atoms with Gasteiger partial charge in [0.15, 0.2) is 0 Å². The first-order chi connectivity index (χ1) is 10.0. The molecule has 0 spiro atoms. The first-order valence-electron chi connectivity index (χ1n) is 7.75. The average molecular weight is 327 g/mol. The van der Waals surface area contributed by atoms with Crippen molar-refractivity contribution in [3.05, 3.63) is 29.8 Å². The number of para-hydroxylation sites is 1. The molecule has 1 aliphatic rings. The molecule has 2 unspecified atom stereocenters. The molecule has 0 radical (unpaired) electrons. The number of hydrogen-bond acceptors (Lipinski definition) is 3. The summed E-state index contributed by atoms with van der Waals surface area (Å²) in [7, 11) is 0. The van der Waals surface area contributed by atoms with Gasteiger partial charge in [-0.05, 0) is 45.7 Å². The fourth-order valence-corrected chi connectivity index (χ4v) is 2.94. The fraction of sp³-hybridized carbons (Fsp3) is 0.588. The topological polar surface area (TPSA) is 55.6 Å². The maximum atomic E-state index is 12.6. The Bertz CT molecular complexity index is 493. The molecule has 0 aliphatic carbocycles. The molecule has 2 atom stereocenters. The summed E-state index contributed by atoms with van der Waals surface area (Å²) in [6.07, 6.45) is 1.50. The van der Waals surface area contributed by atoms with E-state index in [1.54, 1.807) is 0 Å². The predicted octanol–water partition coefficient (Wildman–Crippen LogP) is 2.63. The number of nitrogens with two attached hydrogens (primary N) is 1. The Balaban J connectivity index is 0.00000242. The minimum absolute atomic E-state index is 0. The number of benzene rings is 1. The van der Waals surface area contributed by atoms with Crippen LogP contribution >= 0.6 is 12.4 Å². The standard InChI is InChI=1S/C17H26N2O2.ClH/c1-12(2)21-16-7-5-4-6-15(16)9-17(20)19-11-14(10-18)8-13(19)3;/h4-7,12-14H,8-11,18H2,1-3H3;1H. The van der Waals surface area contributed by atoms with Crippen LogP contribution in [0, 0.1) is 5.92 Å². The number of carbonyl (C=O) groups is 1. The Kier molecular flexibility index (Phi) is 7.17. The molecule has 5 heteroatoms. The molecule has 4 nitrogen and oxygen atoms in total. The van der Waals surface area contributed by atoms with Gasteiger partial charge < -0.3 is 15.4 Å². The molecule has 0 aromatic heterocycles. The van der Waals surface area contributed by atoms with E-state index < -0.39 is 0 Å². The molecular formula is C17H27ClN2O2. The Morgan fingerprint density at radius 1 is 1.41 bits per heavy atom. The quantitative estimate of drug-likeness (QED) is 0.905. The average Bonchev–Trinajstić information content (AvgIpc) is 2.82. The molecule has 1 aliphatic heterocycles. The second-order valence-corrected chi connectivity index (χ2v) is 6.18. The number of nitrogens with zero attached hydrogens (tertiary/aromatic N) is 1. The number of rotatable bonds is 5. The summed E-state index contributed by atoms with van der Waals surface area (Å²) in [6.45, 7) is 7.52. The minimum atomic E-state index is 0. The summed E-state index contributed by atoms with van der Waals surface area (Å²) in [5, 5.41) is 0. The third-order valence-electron chi connectivity index (χ3n) is 3.99. The second-order valence-electron chi connectivity index (χ2n) is 6.18. The van der Waals surface area contributed by atoms with Crippen LogP contribution in [0.3, 0.4) is 0 Å². The van der Waals surface area contributed by atoms with Gasteiger partial charge in [0, 0.05) is 18.2 Å². The van der Waals surface area contributed by atoms with Gasteiger partial charge in [-0.2, -0.15) is 0 Å². The maximum absolute atomic E-state index is 12.6. The second kappa shape index (κ2) is 8.39. The predicted molar refractivity (Wildman–Crippen MR) is 91.5 cm³/mol. The summed E-state index contributed by atoms with van der Waals surface area (Å²) in [4.78, 5) is 14.5. The van der Waals surface area contributed by atoms with Gasteiger partial charge in [-0.1, -0.05) is 18.2 Å². The van der Waals surface area contributed by atoms with E-state index in [0.29, 0.717) is 18.9 Å². The van der Waals surface area contributed by atoms with Gasteiger partial charge in [0.25, 0.3) is 0 Å². The monoisotopic (exact) mass is 326 g/mol. The molecular weight excluding hydrogens is 300 g/mol. The van der Waals surface area contributed by atoms with Crippen molar-refractivity contribution in [2.75, 3.05) is 13.1 Å². The third kappa shape index (κ3) is 4.62. The molecule has 2 N–H and O–H groups in total. The van der Waals surface area contributed by atoms with E-state index in [9.17, 15) is 4.79 Å². The van der Waals surface area contributed by atoms with Crippen molar-refractivity contribution < 1.29 is 9.53 Å². The Hall–Kier alpha value is -1.26. The molecule has 22 heavy (non-hydrogen) atoms. The molecule has 124 valence electrons. The molecule has 1 heterocycles. The van der Waals surface area contributed by atoms with Gasteiger partial charge in [-0.3, -0.25) is 4.79 Å². The van der Waals surface area contributed by atoms with E-state index in [1.165, 1.54) is 0 Å². The number of amides is 1. The number of ether oxygens (including phenoxy) is 1. The normalized spacial score (nSPS) is 20.9. The number of hydrogen-bond donors (Lipinski definition) is 1. The first-order valence-corrected chi connectivity index (χ1v) is 7.75. The van der Waals surface area contributed by atoms with E-state index >= 15 is 0 Å². The van der Waals surface area contributed by atoms with Gasteiger partial charge in [-0.15, -0.1) is 12.4 Å². The van der Waals surface area contributed by atoms with Gasteiger partial charge >= 0.3 is 0 Å². The van der Waals surface area contributed by atoms with Crippen molar-refractivity contribution >= 4 is 18.3 Å². The zero-order chi connectivity index (χ0) is 15.4. The SMILES string of the molecule is CC(C)Oc1ccccc1CC(=O)N1CC(CN)CC1C.Cl. The van der Waals surface area contributed by atoms with E-state index in [2.05, 4.69) is 6.92 Å². The third-order valence-corrected chi connectivity index (χ3v) is 3.99. The van der Waals surface area contributed by atoms with Gasteiger partial charge in [0.1, 0.15) is 5.75 Å². The van der Waals surface area contributed by atoms with Crippen LogP contribution in [0.4, 0.5) is 0 Å². The number of halogens is 1. The smallest absolute Gasteiger partial charge is 0.227 e. The van der Waals surface area contributed by atoms with E-state index in [4.69, 9.17) is 10.5 Å². The van der Waals surface area contributed by atoms with Crippen LogP contribution < -0.4 is 10.5 Å². The molecule has 1 fully saturated rings. The number of likely N-dealkylation sites (tertiary alicyclic amines) is 1. The molecule has 0 saturated carbocycles. The summed E-state index contributed by atoms with van der Waals surface area (Å²) in [6, 6.07) is 8.07. The summed E-state index contributed by atoms with van der Waals surface area (Å²) in [5.74, 6) is 1.41. The zero-order valence-electron chi connectivity index (χ0n) is 13.6. The highest BCUT2D eigenvalue weighted by molar-refractivity contribution is 5.85. The van der Waals surface area contributed by atoms with Gasteiger partial charge in [0.05, 0.1) is 12.5 Å². The zero-order valence-corrected chi connectivity index (χ0v) is 14.4. The van der Waals surface area contributed by atoms with Crippen molar-refractivity contribution in [1.82, 2.24) is 4.90 Å². The molecule has 1 aromatic carbocycles. The van der Waals surface area contributed by atoms with E-state index in [-0.39, 0.29) is 30.5 Å². The van der Waals surface area contributed by atoms with Crippen molar-refractivity contribution in [2.24, 2.45) is 11.7 Å². The lowest BCUT2D eigenvalue weighted by atomic mass is 10.1. The fourth-order valence-electron chi connectivity index (χ4n) is 2.94. The molecule has 1 saturated heterocycles. The highest BCUT2D eigenvalue weighted by Gasteiger charge is 2.31. The Morgan fingerprint density at radius 2 is 2.09 bits per heavy atom. The van der Waals surface area contributed by atoms with E-state index in [1.807, 2.05) is 43.0 Å². The van der Waals surface area contributed by atoms with Crippen LogP contribution in [0.1, 0.15) is 32.8 Å². The molecule has 1 aromatic rings. The Labute approximate surface area is 139 Å². The lowest BCUT2D eigenvalue weighted by Crippen LogP contribution is -2.35. The Morgan fingerprint density at radius 3 is 2.68 bits per heavy atom. The lowest BCUT2D eigenvalue weighted by Gasteiger charge is -2.22. The summed E-state index contributed by atoms with van der Waals surface area (Å²) in [5.41, 5.74) is 6.69.